The van der Waals surface area contributed by atoms with Crippen LogP contribution in [0.15, 0.2) is 36.5 Å². The van der Waals surface area contributed by atoms with Crippen LogP contribution in [0, 0.1) is 17.1 Å². The number of carbonyl (C=O) groups is 1. The van der Waals surface area contributed by atoms with Gasteiger partial charge < -0.3 is 9.88 Å². The lowest BCUT2D eigenvalue weighted by atomic mass is 10.2. The summed E-state index contributed by atoms with van der Waals surface area (Å²) in [5.74, 6) is -0.680. The van der Waals surface area contributed by atoms with E-state index in [0.717, 1.165) is 0 Å². The van der Waals surface area contributed by atoms with Crippen molar-refractivity contribution in [3.05, 3.63) is 53.6 Å². The van der Waals surface area contributed by atoms with Crippen LogP contribution in [0.2, 0.25) is 0 Å². The summed E-state index contributed by atoms with van der Waals surface area (Å²) in [6.07, 6.45) is 1.63. The molecule has 102 valence electrons. The molecule has 1 aromatic carbocycles. The van der Waals surface area contributed by atoms with Crippen molar-refractivity contribution < 1.29 is 9.18 Å². The molecular formula is C15H14FN3O. The third-order valence-corrected chi connectivity index (χ3v) is 2.75. The van der Waals surface area contributed by atoms with Crippen LogP contribution < -0.4 is 5.32 Å². The van der Waals surface area contributed by atoms with Crippen LogP contribution in [0.25, 0.3) is 5.69 Å². The van der Waals surface area contributed by atoms with E-state index in [-0.39, 0.29) is 29.0 Å². The van der Waals surface area contributed by atoms with E-state index in [1.165, 1.54) is 12.1 Å². The Kier molecular flexibility index (Phi) is 3.85. The van der Waals surface area contributed by atoms with E-state index < -0.39 is 0 Å². The van der Waals surface area contributed by atoms with Crippen molar-refractivity contribution in [1.29, 1.82) is 5.26 Å². The monoisotopic (exact) mass is 271 g/mol. The third kappa shape index (κ3) is 2.69. The molecule has 4 nitrogen and oxygen atoms in total. The van der Waals surface area contributed by atoms with Crippen LogP contribution in [-0.4, -0.2) is 16.5 Å². The molecule has 2 rings (SSSR count). The quantitative estimate of drug-likeness (QED) is 0.933. The Morgan fingerprint density at radius 1 is 1.30 bits per heavy atom. The number of nitrogens with one attached hydrogen (secondary N) is 1. The number of rotatable bonds is 3. The van der Waals surface area contributed by atoms with E-state index in [4.69, 9.17) is 5.26 Å². The van der Waals surface area contributed by atoms with E-state index in [1.807, 2.05) is 19.9 Å². The molecule has 0 saturated carbocycles. The van der Waals surface area contributed by atoms with Crippen molar-refractivity contribution in [1.82, 2.24) is 9.88 Å². The summed E-state index contributed by atoms with van der Waals surface area (Å²) in [4.78, 5) is 12.2. The molecule has 0 aliphatic heterocycles. The van der Waals surface area contributed by atoms with E-state index in [0.29, 0.717) is 5.69 Å². The molecule has 5 heteroatoms. The first-order chi connectivity index (χ1) is 9.52. The average Bonchev–Trinajstić information content (AvgIpc) is 2.82. The number of amides is 1. The van der Waals surface area contributed by atoms with Crippen LogP contribution in [0.4, 0.5) is 4.39 Å². The van der Waals surface area contributed by atoms with Gasteiger partial charge in [-0.1, -0.05) is 0 Å². The largest absolute Gasteiger partial charge is 0.349 e. The first kappa shape index (κ1) is 13.8. The standard InChI is InChI=1S/C15H14FN3O/c1-10(2)18-15(20)14-11(9-17)7-8-19(14)13-5-3-12(16)4-6-13/h3-8,10H,1-2H3,(H,18,20). The lowest BCUT2D eigenvalue weighted by Crippen LogP contribution is -2.32. The SMILES string of the molecule is CC(C)NC(=O)c1c(C#N)ccn1-c1ccc(F)cc1. The van der Waals surface area contributed by atoms with Gasteiger partial charge in [0.05, 0.1) is 5.56 Å². The minimum absolute atomic E-state index is 0.0365. The molecule has 0 fully saturated rings. The summed E-state index contributed by atoms with van der Waals surface area (Å²) in [5, 5.41) is 11.9. The van der Waals surface area contributed by atoms with Gasteiger partial charge in [0.15, 0.2) is 0 Å². The van der Waals surface area contributed by atoms with Gasteiger partial charge in [-0.05, 0) is 44.2 Å². The Morgan fingerprint density at radius 2 is 1.95 bits per heavy atom. The van der Waals surface area contributed by atoms with Gasteiger partial charge in [0.25, 0.3) is 5.91 Å². The smallest absolute Gasteiger partial charge is 0.269 e. The van der Waals surface area contributed by atoms with Crippen LogP contribution in [-0.2, 0) is 0 Å². The Labute approximate surface area is 116 Å². The summed E-state index contributed by atoms with van der Waals surface area (Å²) in [6, 6.07) is 9.27. The van der Waals surface area contributed by atoms with Crippen LogP contribution in [0.5, 0.6) is 0 Å². The second-order valence-corrected chi connectivity index (χ2v) is 4.66. The molecule has 1 amide bonds. The van der Waals surface area contributed by atoms with Crippen molar-refractivity contribution in [2.45, 2.75) is 19.9 Å². The zero-order valence-corrected chi connectivity index (χ0v) is 11.2. The van der Waals surface area contributed by atoms with E-state index >= 15 is 0 Å². The number of carbonyl (C=O) groups excluding carboxylic acids is 1. The number of aromatic nitrogens is 1. The minimum atomic E-state index is -0.352. The molecule has 0 atom stereocenters. The van der Waals surface area contributed by atoms with Crippen LogP contribution in [0.3, 0.4) is 0 Å². The van der Waals surface area contributed by atoms with Crippen molar-refractivity contribution in [3.8, 4) is 11.8 Å². The minimum Gasteiger partial charge on any atom is -0.349 e. The molecular weight excluding hydrogens is 257 g/mol. The second kappa shape index (κ2) is 5.57. The highest BCUT2D eigenvalue weighted by Gasteiger charge is 2.18. The van der Waals surface area contributed by atoms with E-state index in [2.05, 4.69) is 5.32 Å². The van der Waals surface area contributed by atoms with Gasteiger partial charge in [-0.25, -0.2) is 4.39 Å². The third-order valence-electron chi connectivity index (χ3n) is 2.75. The van der Waals surface area contributed by atoms with Gasteiger partial charge in [0.1, 0.15) is 17.6 Å². The highest BCUT2D eigenvalue weighted by atomic mass is 19.1. The number of hydrogen-bond donors (Lipinski definition) is 1. The zero-order valence-electron chi connectivity index (χ0n) is 11.2. The fourth-order valence-electron chi connectivity index (χ4n) is 1.90. The van der Waals surface area contributed by atoms with Gasteiger partial charge in [-0.2, -0.15) is 5.26 Å². The summed E-state index contributed by atoms with van der Waals surface area (Å²) in [5.41, 5.74) is 1.17. The van der Waals surface area contributed by atoms with Gasteiger partial charge in [0, 0.05) is 17.9 Å². The van der Waals surface area contributed by atoms with E-state index in [1.54, 1.807) is 29.0 Å². The molecule has 0 aliphatic rings. The molecule has 1 heterocycles. The van der Waals surface area contributed by atoms with Crippen molar-refractivity contribution in [2.75, 3.05) is 0 Å². The maximum atomic E-state index is 13.0. The number of halogens is 1. The van der Waals surface area contributed by atoms with Crippen molar-refractivity contribution >= 4 is 5.91 Å². The van der Waals surface area contributed by atoms with Gasteiger partial charge in [0.2, 0.25) is 0 Å². The lowest BCUT2D eigenvalue weighted by molar-refractivity contribution is 0.0936. The molecule has 0 saturated heterocycles. The van der Waals surface area contributed by atoms with Gasteiger partial charge in [-0.15, -0.1) is 0 Å². The zero-order chi connectivity index (χ0) is 14.7. The maximum absolute atomic E-state index is 13.0. The normalized spacial score (nSPS) is 10.3. The molecule has 1 N–H and O–H groups in total. The topological polar surface area (TPSA) is 57.8 Å². The van der Waals surface area contributed by atoms with Crippen LogP contribution >= 0.6 is 0 Å². The van der Waals surface area contributed by atoms with Crippen molar-refractivity contribution in [3.63, 3.8) is 0 Å². The average molecular weight is 271 g/mol. The number of hydrogen-bond acceptors (Lipinski definition) is 2. The summed E-state index contributed by atoms with van der Waals surface area (Å²) in [6.45, 7) is 3.68. The van der Waals surface area contributed by atoms with E-state index in [9.17, 15) is 9.18 Å². The number of nitrogens with zero attached hydrogens (tertiary/aromatic N) is 2. The Morgan fingerprint density at radius 3 is 2.50 bits per heavy atom. The fraction of sp³-hybridized carbons (Fsp3) is 0.200. The number of benzene rings is 1. The maximum Gasteiger partial charge on any atom is 0.269 e. The second-order valence-electron chi connectivity index (χ2n) is 4.66. The van der Waals surface area contributed by atoms with Gasteiger partial charge >= 0.3 is 0 Å². The molecule has 0 bridgehead atoms. The molecule has 0 aliphatic carbocycles. The molecule has 0 unspecified atom stereocenters. The lowest BCUT2D eigenvalue weighted by Gasteiger charge is -2.12. The first-order valence-electron chi connectivity index (χ1n) is 6.21. The first-order valence-corrected chi connectivity index (χ1v) is 6.21. The summed E-state index contributed by atoms with van der Waals surface area (Å²) in [7, 11) is 0. The number of nitriles is 1. The van der Waals surface area contributed by atoms with Gasteiger partial charge in [-0.3, -0.25) is 4.79 Å². The fourth-order valence-corrected chi connectivity index (χ4v) is 1.90. The predicted octanol–water partition coefficient (Wildman–Crippen LogP) is 2.63. The molecule has 0 spiro atoms. The molecule has 2 aromatic rings. The predicted molar refractivity (Wildman–Crippen MR) is 73.0 cm³/mol. The summed E-state index contributed by atoms with van der Waals surface area (Å²) >= 11 is 0. The summed E-state index contributed by atoms with van der Waals surface area (Å²) < 4.78 is 14.5. The molecule has 1 aromatic heterocycles. The molecule has 20 heavy (non-hydrogen) atoms. The highest BCUT2D eigenvalue weighted by molar-refractivity contribution is 5.96. The van der Waals surface area contributed by atoms with Crippen molar-refractivity contribution in [2.24, 2.45) is 0 Å². The molecule has 0 radical (unpaired) electrons. The highest BCUT2D eigenvalue weighted by Crippen LogP contribution is 2.17. The Balaban J connectivity index is 2.49. The Hall–Kier alpha value is -2.61. The Bertz CT molecular complexity index is 665. The van der Waals surface area contributed by atoms with Crippen LogP contribution in [0.1, 0.15) is 29.9 Å².